The Hall–Kier alpha value is -0.410. The molecule has 0 bridgehead atoms. The molecule has 8 heteroatoms. The number of nitrogens with one attached hydrogen (secondary N) is 1. The van der Waals surface area contributed by atoms with Gasteiger partial charge < -0.3 is 14.4 Å². The minimum atomic E-state index is -3.60. The van der Waals surface area contributed by atoms with Crippen molar-refractivity contribution in [3.8, 4) is 0 Å². The zero-order chi connectivity index (χ0) is 13.8. The minimum Gasteiger partial charge on any atom is -0.450 e. The molecule has 1 aromatic heterocycles. The van der Waals surface area contributed by atoms with Gasteiger partial charge in [0.1, 0.15) is 17.3 Å². The molecule has 2 N–H and O–H groups in total. The minimum absolute atomic E-state index is 0.0106. The van der Waals surface area contributed by atoms with E-state index in [9.17, 15) is 8.42 Å². The predicted octanol–water partition coefficient (Wildman–Crippen LogP) is 0.764. The third kappa shape index (κ3) is 4.36. The van der Waals surface area contributed by atoms with Gasteiger partial charge in [-0.2, -0.15) is 0 Å². The van der Waals surface area contributed by atoms with Crippen LogP contribution < -0.4 is 4.72 Å². The van der Waals surface area contributed by atoms with Gasteiger partial charge in [0.25, 0.3) is 0 Å². The Bertz CT molecular complexity index is 484. The second-order valence-electron chi connectivity index (χ2n) is 4.06. The van der Waals surface area contributed by atoms with Gasteiger partial charge >= 0.3 is 0 Å². The summed E-state index contributed by atoms with van der Waals surface area (Å²) >= 11 is 3.02. The predicted molar refractivity (Wildman–Crippen MR) is 70.7 cm³/mol. The molecule has 0 saturated carbocycles. The van der Waals surface area contributed by atoms with Crippen LogP contribution >= 0.6 is 15.9 Å². The number of aliphatic hydroxyl groups is 1. The van der Waals surface area contributed by atoms with Crippen LogP contribution in [0.3, 0.4) is 0 Å². The van der Waals surface area contributed by atoms with Crippen LogP contribution in [0.1, 0.15) is 12.2 Å². The number of hydrogen-bond acceptors (Lipinski definition) is 5. The highest BCUT2D eigenvalue weighted by Crippen LogP contribution is 2.25. The van der Waals surface area contributed by atoms with Gasteiger partial charge in [-0.05, 0) is 43.0 Å². The summed E-state index contributed by atoms with van der Waals surface area (Å²) < 4.78 is 31.5. The van der Waals surface area contributed by atoms with Gasteiger partial charge in [0.05, 0.1) is 0 Å². The van der Waals surface area contributed by atoms with Gasteiger partial charge in [-0.1, -0.05) is 0 Å². The van der Waals surface area contributed by atoms with Crippen molar-refractivity contribution in [3.05, 3.63) is 16.5 Å². The molecule has 0 radical (unpaired) electrons. The van der Waals surface area contributed by atoms with Crippen molar-refractivity contribution < 1.29 is 17.9 Å². The average molecular weight is 341 g/mol. The SMILES string of the molecule is CN(C)CCCNS(=O)(=O)c1cc(CO)oc1Br. The Morgan fingerprint density at radius 2 is 2.17 bits per heavy atom. The van der Waals surface area contributed by atoms with Crippen LogP contribution in [-0.4, -0.2) is 45.6 Å². The van der Waals surface area contributed by atoms with Crippen molar-refractivity contribution in [1.29, 1.82) is 0 Å². The fourth-order valence-electron chi connectivity index (χ4n) is 1.34. The molecule has 0 aliphatic heterocycles. The number of sulfonamides is 1. The molecule has 0 fully saturated rings. The van der Waals surface area contributed by atoms with Gasteiger partial charge in [-0.3, -0.25) is 0 Å². The highest BCUT2D eigenvalue weighted by atomic mass is 79.9. The Balaban J connectivity index is 2.65. The van der Waals surface area contributed by atoms with Crippen molar-refractivity contribution in [2.75, 3.05) is 27.2 Å². The lowest BCUT2D eigenvalue weighted by Gasteiger charge is -2.09. The third-order valence-corrected chi connectivity index (χ3v) is 4.54. The van der Waals surface area contributed by atoms with Crippen molar-refractivity contribution in [3.63, 3.8) is 0 Å². The first-order valence-electron chi connectivity index (χ1n) is 5.40. The van der Waals surface area contributed by atoms with Crippen LogP contribution in [0.4, 0.5) is 0 Å². The Kier molecular flexibility index (Phi) is 5.80. The van der Waals surface area contributed by atoms with Gasteiger partial charge in [-0.25, -0.2) is 13.1 Å². The molecule has 0 aliphatic rings. The molecule has 0 aromatic carbocycles. The summed E-state index contributed by atoms with van der Waals surface area (Å²) in [7, 11) is 0.252. The lowest BCUT2D eigenvalue weighted by Crippen LogP contribution is -2.27. The number of furan rings is 1. The van der Waals surface area contributed by atoms with Crippen molar-refractivity contribution in [2.45, 2.75) is 17.9 Å². The van der Waals surface area contributed by atoms with Crippen molar-refractivity contribution >= 4 is 26.0 Å². The highest BCUT2D eigenvalue weighted by Gasteiger charge is 2.21. The summed E-state index contributed by atoms with van der Waals surface area (Å²) in [6.07, 6.45) is 0.717. The molecule has 0 saturated heterocycles. The molecule has 1 heterocycles. The van der Waals surface area contributed by atoms with Crippen LogP contribution in [0.2, 0.25) is 0 Å². The van der Waals surface area contributed by atoms with E-state index < -0.39 is 10.0 Å². The lowest BCUT2D eigenvalue weighted by molar-refractivity contribution is 0.245. The summed E-state index contributed by atoms with van der Waals surface area (Å²) in [6, 6.07) is 1.30. The maximum absolute atomic E-state index is 11.9. The smallest absolute Gasteiger partial charge is 0.244 e. The van der Waals surface area contributed by atoms with E-state index in [4.69, 9.17) is 9.52 Å². The van der Waals surface area contributed by atoms with E-state index in [0.717, 1.165) is 6.54 Å². The first-order valence-corrected chi connectivity index (χ1v) is 7.68. The molecule has 0 atom stereocenters. The molecule has 0 amide bonds. The van der Waals surface area contributed by atoms with E-state index in [0.29, 0.717) is 13.0 Å². The quantitative estimate of drug-likeness (QED) is 0.716. The normalized spacial score (nSPS) is 12.3. The Morgan fingerprint density at radius 3 is 2.67 bits per heavy atom. The molecule has 6 nitrogen and oxygen atoms in total. The van der Waals surface area contributed by atoms with Gasteiger partial charge in [0.2, 0.25) is 10.0 Å². The molecular formula is C10H17BrN2O4S. The molecule has 1 rings (SSSR count). The molecule has 18 heavy (non-hydrogen) atoms. The summed E-state index contributed by atoms with van der Waals surface area (Å²) in [4.78, 5) is 1.99. The Labute approximate surface area is 115 Å². The van der Waals surface area contributed by atoms with Crippen LogP contribution in [0.25, 0.3) is 0 Å². The van der Waals surface area contributed by atoms with E-state index in [-0.39, 0.29) is 21.9 Å². The van der Waals surface area contributed by atoms with Crippen LogP contribution in [-0.2, 0) is 16.6 Å². The standard InChI is InChI=1S/C10H17BrN2O4S/c1-13(2)5-3-4-12-18(15,16)9-6-8(7-14)17-10(9)11/h6,12,14H,3-5,7H2,1-2H3. The van der Waals surface area contributed by atoms with Gasteiger partial charge in [0, 0.05) is 12.6 Å². The molecule has 0 spiro atoms. The third-order valence-electron chi connectivity index (χ3n) is 2.23. The lowest BCUT2D eigenvalue weighted by atomic mass is 10.4. The second kappa shape index (κ2) is 6.67. The zero-order valence-corrected chi connectivity index (χ0v) is 12.7. The van der Waals surface area contributed by atoms with Gasteiger partial charge in [-0.15, -0.1) is 0 Å². The maximum atomic E-state index is 11.9. The summed E-state index contributed by atoms with van der Waals surface area (Å²) in [5.74, 6) is 0.204. The number of aliphatic hydroxyl groups excluding tert-OH is 1. The van der Waals surface area contributed by atoms with E-state index in [2.05, 4.69) is 20.7 Å². The second-order valence-corrected chi connectivity index (χ2v) is 6.52. The van der Waals surface area contributed by atoms with E-state index in [1.54, 1.807) is 0 Å². The van der Waals surface area contributed by atoms with E-state index >= 15 is 0 Å². The number of nitrogens with zero attached hydrogens (tertiary/aromatic N) is 1. The summed E-state index contributed by atoms with van der Waals surface area (Å²) in [5.41, 5.74) is 0. The summed E-state index contributed by atoms with van der Waals surface area (Å²) in [5, 5.41) is 8.88. The summed E-state index contributed by atoms with van der Waals surface area (Å²) in [6.45, 7) is 0.818. The van der Waals surface area contributed by atoms with Crippen LogP contribution in [0.15, 0.2) is 20.0 Å². The van der Waals surface area contributed by atoms with Gasteiger partial charge in [0.15, 0.2) is 4.67 Å². The fraction of sp³-hybridized carbons (Fsp3) is 0.600. The highest BCUT2D eigenvalue weighted by molar-refractivity contribution is 9.10. The molecule has 104 valence electrons. The number of halogens is 1. The largest absolute Gasteiger partial charge is 0.450 e. The topological polar surface area (TPSA) is 82.8 Å². The molecule has 1 aromatic rings. The first kappa shape index (κ1) is 15.6. The monoisotopic (exact) mass is 340 g/mol. The Morgan fingerprint density at radius 1 is 1.50 bits per heavy atom. The van der Waals surface area contributed by atoms with Crippen LogP contribution in [0, 0.1) is 0 Å². The molecular weight excluding hydrogens is 324 g/mol. The average Bonchev–Trinajstić information content (AvgIpc) is 2.66. The fourth-order valence-corrected chi connectivity index (χ4v) is 3.41. The zero-order valence-electron chi connectivity index (χ0n) is 10.3. The molecule has 0 unspecified atom stereocenters. The van der Waals surface area contributed by atoms with Crippen LogP contribution in [0.5, 0.6) is 0 Å². The van der Waals surface area contributed by atoms with Crippen molar-refractivity contribution in [1.82, 2.24) is 9.62 Å². The maximum Gasteiger partial charge on any atom is 0.244 e. The van der Waals surface area contributed by atoms with Crippen molar-refractivity contribution in [2.24, 2.45) is 0 Å². The van der Waals surface area contributed by atoms with E-state index in [1.807, 2.05) is 19.0 Å². The van der Waals surface area contributed by atoms with E-state index in [1.165, 1.54) is 6.07 Å². The first-order chi connectivity index (χ1) is 8.36. The molecule has 0 aliphatic carbocycles. The number of rotatable bonds is 7. The number of hydrogen-bond donors (Lipinski definition) is 2.